The van der Waals surface area contributed by atoms with Gasteiger partial charge in [0.25, 0.3) is 0 Å². The molecule has 78 valence electrons. The van der Waals surface area contributed by atoms with Crippen molar-refractivity contribution < 1.29 is 4.79 Å². The minimum Gasteiger partial charge on any atom is -0.398 e. The summed E-state index contributed by atoms with van der Waals surface area (Å²) in [5.41, 5.74) is 9.64. The van der Waals surface area contributed by atoms with E-state index < -0.39 is 0 Å². The number of rotatable bonds is 0. The lowest BCUT2D eigenvalue weighted by molar-refractivity contribution is 0.104. The molecule has 2 aromatic carbocycles. The summed E-state index contributed by atoms with van der Waals surface area (Å²) in [6.45, 7) is 0. The number of hydrogen-bond acceptors (Lipinski definition) is 2. The molecule has 0 unspecified atom stereocenters. The Labute approximate surface area is 101 Å². The van der Waals surface area contributed by atoms with E-state index in [0.29, 0.717) is 11.3 Å². The van der Waals surface area contributed by atoms with Gasteiger partial charge < -0.3 is 5.73 Å². The number of hydrogen-bond donors (Lipinski definition) is 1. The first kappa shape index (κ1) is 9.60. The van der Waals surface area contributed by atoms with Gasteiger partial charge in [0, 0.05) is 21.3 Å². The molecule has 3 heteroatoms. The molecular weight excluding hydrogens is 266 g/mol. The van der Waals surface area contributed by atoms with E-state index in [1.165, 1.54) is 0 Å². The maximum absolute atomic E-state index is 12.2. The van der Waals surface area contributed by atoms with Gasteiger partial charge in [-0.25, -0.2) is 0 Å². The van der Waals surface area contributed by atoms with E-state index in [0.717, 1.165) is 21.2 Å². The maximum Gasteiger partial charge on any atom is 0.196 e. The molecule has 0 spiro atoms. The summed E-state index contributed by atoms with van der Waals surface area (Å²) in [6.07, 6.45) is 0. The molecule has 0 saturated carbocycles. The van der Waals surface area contributed by atoms with Crippen molar-refractivity contribution in [1.82, 2.24) is 0 Å². The summed E-state index contributed by atoms with van der Waals surface area (Å²) in [7, 11) is 0. The van der Waals surface area contributed by atoms with Crippen LogP contribution >= 0.6 is 15.9 Å². The Balaban J connectivity index is 2.47. The first-order valence-electron chi connectivity index (χ1n) is 4.92. The lowest BCUT2D eigenvalue weighted by Crippen LogP contribution is -2.00. The average Bonchev–Trinajstić information content (AvgIpc) is 2.60. The summed E-state index contributed by atoms with van der Waals surface area (Å²) in [6, 6.07) is 11.2. The quantitative estimate of drug-likeness (QED) is 0.639. The third-order valence-electron chi connectivity index (χ3n) is 2.85. The van der Waals surface area contributed by atoms with Crippen LogP contribution in [0.2, 0.25) is 0 Å². The van der Waals surface area contributed by atoms with E-state index in [1.807, 2.05) is 30.3 Å². The SMILES string of the molecule is Nc1ccc(Br)c2c1C(=O)c1ccccc1-2. The summed E-state index contributed by atoms with van der Waals surface area (Å²) >= 11 is 3.47. The van der Waals surface area contributed by atoms with Crippen molar-refractivity contribution in [2.75, 3.05) is 5.73 Å². The Hall–Kier alpha value is -1.61. The smallest absolute Gasteiger partial charge is 0.196 e. The second-order valence-corrected chi connectivity index (χ2v) is 4.62. The molecule has 0 fully saturated rings. The summed E-state index contributed by atoms with van der Waals surface area (Å²) in [4.78, 5) is 12.2. The Morgan fingerprint density at radius 3 is 2.38 bits per heavy atom. The number of halogens is 1. The molecule has 0 aliphatic heterocycles. The molecule has 1 aliphatic carbocycles. The fourth-order valence-electron chi connectivity index (χ4n) is 2.14. The second-order valence-electron chi connectivity index (χ2n) is 3.76. The van der Waals surface area contributed by atoms with Crippen LogP contribution < -0.4 is 5.73 Å². The number of carbonyl (C=O) groups excluding carboxylic acids is 1. The van der Waals surface area contributed by atoms with Crippen LogP contribution in [0.3, 0.4) is 0 Å². The zero-order chi connectivity index (χ0) is 11.3. The molecule has 0 bridgehead atoms. The van der Waals surface area contributed by atoms with Gasteiger partial charge in [-0.15, -0.1) is 0 Å². The predicted molar refractivity (Wildman–Crippen MR) is 67.4 cm³/mol. The molecule has 1 aliphatic rings. The summed E-state index contributed by atoms with van der Waals surface area (Å²) in [5, 5.41) is 0. The Morgan fingerprint density at radius 1 is 0.938 bits per heavy atom. The summed E-state index contributed by atoms with van der Waals surface area (Å²) < 4.78 is 0.912. The zero-order valence-corrected chi connectivity index (χ0v) is 9.91. The number of nitrogen functional groups attached to an aromatic ring is 1. The number of fused-ring (bicyclic) bond motifs is 3. The fraction of sp³-hybridized carbons (Fsp3) is 0. The monoisotopic (exact) mass is 273 g/mol. The summed E-state index contributed by atoms with van der Waals surface area (Å²) in [5.74, 6) is 0.0180. The molecule has 0 radical (unpaired) electrons. The molecule has 0 atom stereocenters. The first-order valence-corrected chi connectivity index (χ1v) is 5.71. The molecule has 0 heterocycles. The van der Waals surface area contributed by atoms with Gasteiger partial charge in [0.2, 0.25) is 0 Å². The van der Waals surface area contributed by atoms with Crippen LogP contribution in [0.25, 0.3) is 11.1 Å². The Kier molecular flexibility index (Phi) is 1.91. The Morgan fingerprint density at radius 2 is 1.62 bits per heavy atom. The standard InChI is InChI=1S/C13H8BrNO/c14-9-5-6-10(15)12-11(9)7-3-1-2-4-8(7)13(12)16/h1-6H,15H2. The molecule has 2 aromatic rings. The van der Waals surface area contributed by atoms with Gasteiger partial charge in [-0.05, 0) is 17.7 Å². The highest BCUT2D eigenvalue weighted by Crippen LogP contribution is 2.43. The van der Waals surface area contributed by atoms with Crippen molar-refractivity contribution in [2.45, 2.75) is 0 Å². The highest BCUT2D eigenvalue weighted by Gasteiger charge is 2.29. The van der Waals surface area contributed by atoms with E-state index in [1.54, 1.807) is 6.07 Å². The van der Waals surface area contributed by atoms with Crippen molar-refractivity contribution in [3.8, 4) is 11.1 Å². The molecule has 2 N–H and O–H groups in total. The highest BCUT2D eigenvalue weighted by atomic mass is 79.9. The molecule has 0 amide bonds. The van der Waals surface area contributed by atoms with Crippen LogP contribution in [-0.4, -0.2) is 5.78 Å². The second kappa shape index (κ2) is 3.19. The maximum atomic E-state index is 12.2. The molecule has 0 aromatic heterocycles. The van der Waals surface area contributed by atoms with Gasteiger partial charge in [-0.2, -0.15) is 0 Å². The lowest BCUT2D eigenvalue weighted by atomic mass is 10.1. The van der Waals surface area contributed by atoms with E-state index in [9.17, 15) is 4.79 Å². The molecule has 3 rings (SSSR count). The van der Waals surface area contributed by atoms with Gasteiger partial charge in [-0.3, -0.25) is 4.79 Å². The molecule has 2 nitrogen and oxygen atoms in total. The van der Waals surface area contributed by atoms with Crippen LogP contribution in [0.5, 0.6) is 0 Å². The van der Waals surface area contributed by atoms with E-state index in [-0.39, 0.29) is 5.78 Å². The normalized spacial score (nSPS) is 12.4. The highest BCUT2D eigenvalue weighted by molar-refractivity contribution is 9.10. The topological polar surface area (TPSA) is 43.1 Å². The lowest BCUT2D eigenvalue weighted by Gasteiger charge is -2.04. The van der Waals surface area contributed by atoms with Gasteiger partial charge in [0.15, 0.2) is 5.78 Å². The average molecular weight is 274 g/mol. The number of ketones is 1. The third-order valence-corrected chi connectivity index (χ3v) is 3.52. The van der Waals surface area contributed by atoms with Crippen molar-refractivity contribution in [3.63, 3.8) is 0 Å². The zero-order valence-electron chi connectivity index (χ0n) is 8.33. The van der Waals surface area contributed by atoms with E-state index in [4.69, 9.17) is 5.73 Å². The predicted octanol–water partition coefficient (Wildman–Crippen LogP) is 3.24. The van der Waals surface area contributed by atoms with Crippen LogP contribution in [0.4, 0.5) is 5.69 Å². The number of carbonyl (C=O) groups is 1. The van der Waals surface area contributed by atoms with Crippen molar-refractivity contribution >= 4 is 27.4 Å². The van der Waals surface area contributed by atoms with Gasteiger partial charge >= 0.3 is 0 Å². The number of anilines is 1. The minimum atomic E-state index is 0.0180. The van der Waals surface area contributed by atoms with Gasteiger partial charge in [-0.1, -0.05) is 40.2 Å². The van der Waals surface area contributed by atoms with Crippen LogP contribution in [0.15, 0.2) is 40.9 Å². The van der Waals surface area contributed by atoms with Crippen LogP contribution in [-0.2, 0) is 0 Å². The molecule has 16 heavy (non-hydrogen) atoms. The van der Waals surface area contributed by atoms with Crippen LogP contribution in [0, 0.1) is 0 Å². The molecular formula is C13H8BrNO. The fourth-order valence-corrected chi connectivity index (χ4v) is 2.68. The van der Waals surface area contributed by atoms with E-state index in [2.05, 4.69) is 15.9 Å². The van der Waals surface area contributed by atoms with Crippen molar-refractivity contribution in [3.05, 3.63) is 52.0 Å². The van der Waals surface area contributed by atoms with Crippen molar-refractivity contribution in [1.29, 1.82) is 0 Å². The number of benzene rings is 2. The third kappa shape index (κ3) is 1.09. The number of nitrogens with two attached hydrogens (primary N) is 1. The minimum absolute atomic E-state index is 0.0180. The van der Waals surface area contributed by atoms with Crippen molar-refractivity contribution in [2.24, 2.45) is 0 Å². The van der Waals surface area contributed by atoms with Crippen LogP contribution in [0.1, 0.15) is 15.9 Å². The van der Waals surface area contributed by atoms with Gasteiger partial charge in [0.05, 0.1) is 5.56 Å². The largest absolute Gasteiger partial charge is 0.398 e. The molecule has 0 saturated heterocycles. The van der Waals surface area contributed by atoms with E-state index >= 15 is 0 Å². The first-order chi connectivity index (χ1) is 7.70. The van der Waals surface area contributed by atoms with Gasteiger partial charge in [0.1, 0.15) is 0 Å². The Bertz CT molecular complexity index is 619.